The molecule has 9 heterocycles. The number of ether oxygens (including phenoxy) is 4. The number of hydrogen-bond acceptors (Lipinski definition) is 18. The Morgan fingerprint density at radius 2 is 0.624 bits per heavy atom. The van der Waals surface area contributed by atoms with E-state index in [4.69, 9.17) is 44.7 Å². The van der Waals surface area contributed by atoms with E-state index in [0.29, 0.717) is 81.3 Å². The maximum atomic E-state index is 13.7. The van der Waals surface area contributed by atoms with E-state index in [-0.39, 0.29) is 106 Å². The number of nitrogens with two attached hydrogens (primary N) is 3. The number of benzene rings is 9. The second-order valence-electron chi connectivity index (χ2n) is 33.3. The van der Waals surface area contributed by atoms with Gasteiger partial charge in [-0.25, -0.2) is 37.5 Å². The molecule has 0 saturated heterocycles. The summed E-state index contributed by atoms with van der Waals surface area (Å²) in [6, 6.07) is 70.2. The van der Waals surface area contributed by atoms with Crippen LogP contribution >= 0.6 is 12.4 Å². The topological polar surface area (TPSA) is 235 Å². The Kier molecular flexibility index (Phi) is 21.6. The molecule has 9 aromatic rings. The van der Waals surface area contributed by atoms with Gasteiger partial charge in [-0.05, 0) is 198 Å². The number of fused-ring (bicyclic) bond motifs is 5. The monoisotopic (exact) mass is 1600 g/mol. The van der Waals surface area contributed by atoms with Crippen LogP contribution in [-0.2, 0) is 44.6 Å². The van der Waals surface area contributed by atoms with Crippen molar-refractivity contribution in [1.82, 2.24) is 24.5 Å². The number of aliphatic hydroxyl groups excluding tert-OH is 1. The van der Waals surface area contributed by atoms with Crippen molar-refractivity contribution in [2.75, 3.05) is 52.6 Å². The molecule has 9 aliphatic heterocycles. The van der Waals surface area contributed by atoms with Gasteiger partial charge in [-0.1, -0.05) is 165 Å². The van der Waals surface area contributed by atoms with Crippen LogP contribution in [0.2, 0.25) is 0 Å². The Morgan fingerprint density at radius 3 is 0.897 bits per heavy atom. The predicted octanol–water partition coefficient (Wildman–Crippen LogP) is 14.0. The molecule has 0 radical (unpaired) electrons. The number of imide groups is 1. The van der Waals surface area contributed by atoms with Crippen LogP contribution in [0.15, 0.2) is 238 Å². The molecule has 117 heavy (non-hydrogen) atoms. The van der Waals surface area contributed by atoms with Gasteiger partial charge in [-0.2, -0.15) is 0 Å². The fourth-order valence-electron chi connectivity index (χ4n) is 19.9. The van der Waals surface area contributed by atoms with E-state index in [1.165, 1.54) is 97.9 Å². The largest absolute Gasteiger partial charge is 0.463 e. The minimum atomic E-state index is -0.431. The summed E-state index contributed by atoms with van der Waals surface area (Å²) < 4.78 is 78.4. The number of amides is 2. The molecule has 4 saturated carbocycles. The lowest BCUT2D eigenvalue weighted by molar-refractivity contribution is 0.0111. The zero-order valence-corrected chi connectivity index (χ0v) is 65.9. The van der Waals surface area contributed by atoms with Crippen LogP contribution in [0.5, 0.6) is 0 Å². The third kappa shape index (κ3) is 15.1. The molecule has 0 unspecified atom stereocenters. The van der Waals surface area contributed by atoms with E-state index < -0.39 is 5.54 Å². The summed E-state index contributed by atoms with van der Waals surface area (Å²) in [6.07, 6.45) is 9.96. The molecule has 604 valence electrons. The first kappa shape index (κ1) is 78.6. The van der Waals surface area contributed by atoms with Crippen molar-refractivity contribution in [2.24, 2.45) is 43.3 Å². The third-order valence-corrected chi connectivity index (χ3v) is 25.5. The van der Waals surface area contributed by atoms with Crippen molar-refractivity contribution >= 4 is 48.3 Å². The zero-order chi connectivity index (χ0) is 79.6. The molecule has 24 heteroatoms. The van der Waals surface area contributed by atoms with Crippen molar-refractivity contribution in [3.05, 3.63) is 320 Å². The van der Waals surface area contributed by atoms with Crippen molar-refractivity contribution in [1.29, 1.82) is 0 Å². The van der Waals surface area contributed by atoms with E-state index in [1.807, 2.05) is 66.7 Å². The summed E-state index contributed by atoms with van der Waals surface area (Å²) >= 11 is 0. The van der Waals surface area contributed by atoms with Gasteiger partial charge in [0.2, 0.25) is 0 Å². The van der Waals surface area contributed by atoms with Gasteiger partial charge in [0.05, 0.1) is 41.4 Å². The molecular weight excluding hydrogens is 1510 g/mol. The highest BCUT2D eigenvalue weighted by atomic mass is 35.5. The van der Waals surface area contributed by atoms with E-state index >= 15 is 0 Å². The highest BCUT2D eigenvalue weighted by Crippen LogP contribution is 2.50. The number of rotatable bonds is 5. The molecule has 22 rings (SSSR count). The number of carbonyl (C=O) groups excluding carboxylic acids is 2. The number of hydrazine groups is 1. The number of amidine groups is 4. The van der Waals surface area contributed by atoms with Gasteiger partial charge in [0, 0.05) is 51.1 Å². The quantitative estimate of drug-likeness (QED) is 0.0543. The Bertz CT molecular complexity index is 4930. The summed E-state index contributed by atoms with van der Waals surface area (Å²) in [5.41, 5.74) is 20.4. The summed E-state index contributed by atoms with van der Waals surface area (Å²) in [4.78, 5) is 55.9. The number of nitrogens with zero attached hydrogens (tertiary/aromatic N) is 9. The molecule has 0 aromatic heterocycles. The lowest BCUT2D eigenvalue weighted by atomic mass is 9.70. The Hall–Kier alpha value is -11.0. The van der Waals surface area contributed by atoms with Crippen molar-refractivity contribution in [3.8, 4) is 0 Å². The maximum absolute atomic E-state index is 13.7. The van der Waals surface area contributed by atoms with Gasteiger partial charge >= 0.3 is 0 Å². The second kappa shape index (κ2) is 32.2. The third-order valence-electron chi connectivity index (χ3n) is 25.5. The molecule has 19 nitrogen and oxygen atoms in total. The van der Waals surface area contributed by atoms with Crippen LogP contribution in [0.25, 0.3) is 0 Å². The number of hydrogen-bond donors (Lipinski definition) is 4. The molecule has 0 bridgehead atoms. The second-order valence-corrected chi connectivity index (χ2v) is 33.3. The first-order valence-corrected chi connectivity index (χ1v) is 40.5. The van der Waals surface area contributed by atoms with Crippen LogP contribution in [0.3, 0.4) is 0 Å². The maximum Gasteiger partial charge on any atom is 0.288 e. The Balaban J connectivity index is 0.000000112. The lowest BCUT2D eigenvalue weighted by Gasteiger charge is -2.44. The van der Waals surface area contributed by atoms with Crippen LogP contribution in [0.4, 0.5) is 17.6 Å². The van der Waals surface area contributed by atoms with Crippen molar-refractivity contribution in [2.45, 2.75) is 148 Å². The first-order chi connectivity index (χ1) is 56.4. The molecule has 4 spiro atoms. The number of aliphatic hydroxyl groups is 1. The highest BCUT2D eigenvalue weighted by molar-refractivity contribution is 6.21. The fraction of sp³-hybridized carbons (Fsp3) is 0.355. The first-order valence-electron chi connectivity index (χ1n) is 40.5. The average molecular weight is 1600 g/mol. The zero-order valence-electron chi connectivity index (χ0n) is 65.1. The van der Waals surface area contributed by atoms with Gasteiger partial charge in [0.1, 0.15) is 71.9 Å². The van der Waals surface area contributed by atoms with Gasteiger partial charge < -0.3 is 49.4 Å². The van der Waals surface area contributed by atoms with Crippen molar-refractivity contribution < 1.29 is 51.2 Å². The predicted molar refractivity (Wildman–Crippen MR) is 441 cm³/mol. The van der Waals surface area contributed by atoms with Gasteiger partial charge in [-0.3, -0.25) is 26.2 Å². The summed E-state index contributed by atoms with van der Waals surface area (Å²) in [5, 5.41) is 9.68. The van der Waals surface area contributed by atoms with Crippen LogP contribution < -0.4 is 17.4 Å². The summed E-state index contributed by atoms with van der Waals surface area (Å²) in [5.74, 6) is 7.36. The molecule has 4 fully saturated rings. The average Bonchev–Trinajstić information content (AvgIpc) is 1.58. The molecule has 13 aliphatic rings. The molecule has 2 amide bonds. The molecule has 7 N–H and O–H groups in total. The summed E-state index contributed by atoms with van der Waals surface area (Å²) in [6.45, 7) is 7.78. The van der Waals surface area contributed by atoms with Crippen LogP contribution in [0.1, 0.15) is 170 Å². The van der Waals surface area contributed by atoms with Crippen molar-refractivity contribution in [3.63, 3.8) is 0 Å². The standard InChI is InChI=1S/C29H24FN3O3.C22H23FN2O.C21H22FN3O.C21H21FN2O2.ClH.H4N2/c30-20-11-9-19(10-12-20)25-22-6-2-1-5-18(22)13-14-32(25)28-31-29(17-36-28)15-21(16-29)33-26(34)23-7-3-4-8-24(23)27(33)35;1-15-12-22(13-15)14-26-21(24-22)25-11-10-16-4-2-3-5-19(16)20(25)17-6-8-18(23)9-7-17;22-16-7-5-15(6-8-16)19-18-4-2-1-3-14(18)9-10-25(19)20-24-21(13-26-20)11-17(23)12-21;22-16-7-5-15(6-8-16)19-18-4-2-1-3-14(18)9-10-24(19)20-23-21(13-26-20)11-17(25)12-21;;1-2/h1-12,21,25H,13-17H2;2-9,15,20H,10-14H2,1H3;1-8,17,19H,9-13,23H2;1-8,17,19,25H,9-13H2;1H;1-2H2/t21?,25-,29?;15?,20-,22?;2*17?,19-,21?;;/m0000../s1. The van der Waals surface area contributed by atoms with E-state index in [1.54, 1.807) is 24.3 Å². The fourth-order valence-corrected chi connectivity index (χ4v) is 19.9. The molecule has 4 atom stereocenters. The number of halogens is 5. The number of carbonyl (C=O) groups is 2. The minimum Gasteiger partial charge on any atom is -0.463 e. The molecule has 9 aromatic carbocycles. The van der Waals surface area contributed by atoms with E-state index in [9.17, 15) is 32.3 Å². The minimum absolute atomic E-state index is 0. The van der Waals surface area contributed by atoms with E-state index in [0.717, 1.165) is 112 Å². The Labute approximate surface area is 684 Å². The SMILES string of the molecule is CC1CC2(COC(N3CCc4ccccc4[C@@H]3c3ccc(F)cc3)=N2)C1.Cl.NC1CC2(COC(N3CCc4ccccc4[C@@H]3c3ccc(F)cc3)=N2)C1.NN.O=C1c2ccccc2C(=O)N1C1CC2(COC(N3CCc4ccccc4[C@@H]3c3ccc(F)cc3)=N2)C1.OC1CC2(COC(N3CCc4ccccc4[C@@H]3c3ccc(F)cc3)=N2)C1. The lowest BCUT2D eigenvalue weighted by Crippen LogP contribution is -2.56. The van der Waals surface area contributed by atoms with Gasteiger partial charge in [0.25, 0.3) is 35.9 Å². The van der Waals surface area contributed by atoms with Gasteiger partial charge in [-0.15, -0.1) is 12.4 Å². The molecular formula is C93H95ClF4N12O7. The van der Waals surface area contributed by atoms with E-state index in [2.05, 4.69) is 117 Å². The Morgan fingerprint density at radius 1 is 0.368 bits per heavy atom. The van der Waals surface area contributed by atoms with Gasteiger partial charge in [0.15, 0.2) is 0 Å². The van der Waals surface area contributed by atoms with Crippen LogP contribution in [-0.4, -0.2) is 158 Å². The normalized spacial score (nSPS) is 28.0. The van der Waals surface area contributed by atoms with Crippen LogP contribution in [0, 0.1) is 29.2 Å². The smallest absolute Gasteiger partial charge is 0.288 e. The summed E-state index contributed by atoms with van der Waals surface area (Å²) in [7, 11) is 0. The molecule has 4 aliphatic carbocycles. The number of aliphatic imine (C=N–C) groups is 4. The highest BCUT2D eigenvalue weighted by Gasteiger charge is 2.57.